The van der Waals surface area contributed by atoms with Crippen LogP contribution in [0.25, 0.3) is 0 Å². The maximum atomic E-state index is 5.85. The molecule has 1 aliphatic heterocycles. The summed E-state index contributed by atoms with van der Waals surface area (Å²) in [4.78, 5) is 3.12. The standard InChI is InChI=1S/CH5Cl3N3P3/c1-9-5-8-6(2)10(4)7(9)3/h5,8H,1H3. The summed E-state index contributed by atoms with van der Waals surface area (Å²) in [7, 11) is -1.12. The Hall–Kier alpha value is 2.04. The number of hydrogen-bond acceptors (Lipinski definition) is 3. The first-order valence-corrected chi connectivity index (χ1v) is 7.77. The predicted molar refractivity (Wildman–Crippen MR) is 52.5 cm³/mol. The zero-order valence-electron chi connectivity index (χ0n) is 4.92. The molecule has 0 spiro atoms. The molecule has 0 saturated carbocycles. The van der Waals surface area contributed by atoms with E-state index >= 15 is 0 Å². The van der Waals surface area contributed by atoms with Crippen LogP contribution in [0.2, 0.25) is 0 Å². The molecule has 0 amide bonds. The Morgan fingerprint density at radius 2 is 2.10 bits per heavy atom. The summed E-state index contributed by atoms with van der Waals surface area (Å²) in [5.41, 5.74) is 0. The summed E-state index contributed by atoms with van der Waals surface area (Å²) in [6.45, 7) is 2.00. The van der Waals surface area contributed by atoms with Crippen LogP contribution in [0, 0.1) is 0 Å². The first-order valence-electron chi connectivity index (χ1n) is 2.25. The van der Waals surface area contributed by atoms with Gasteiger partial charge in [-0.2, -0.15) is 0 Å². The van der Waals surface area contributed by atoms with E-state index in [0.29, 0.717) is 8.88 Å². The third-order valence-corrected chi connectivity index (χ3v) is 9.81. The van der Waals surface area contributed by atoms with Gasteiger partial charge in [0.25, 0.3) is 0 Å². The average Bonchev–Trinajstić information content (AvgIpc) is 1.93. The fraction of sp³-hybridized carbons (Fsp3) is 1.00. The lowest BCUT2D eigenvalue weighted by atomic mass is 12.0. The number of nitrogens with one attached hydrogen (secondary N) is 1. The Morgan fingerprint density at radius 3 is 2.60 bits per heavy atom. The fourth-order valence-corrected chi connectivity index (χ4v) is 7.25. The molecule has 1 saturated heterocycles. The predicted octanol–water partition coefficient (Wildman–Crippen LogP) is 3.42. The molecule has 0 aromatic heterocycles. The first-order chi connectivity index (χ1) is 4.63. The number of rotatable bonds is 0. The lowest BCUT2D eigenvalue weighted by Crippen LogP contribution is -2.16. The van der Waals surface area contributed by atoms with Gasteiger partial charge in [0.05, 0.1) is 8.22 Å². The highest BCUT2D eigenvalue weighted by Crippen LogP contribution is 2.68. The Labute approximate surface area is 79.0 Å². The highest BCUT2D eigenvalue weighted by molar-refractivity contribution is 7.93. The molecule has 3 nitrogen and oxygen atoms in total. The van der Waals surface area contributed by atoms with Crippen LogP contribution in [0.4, 0.5) is 0 Å². The van der Waals surface area contributed by atoms with Gasteiger partial charge in [0.15, 0.2) is 7.58 Å². The van der Waals surface area contributed by atoms with Crippen LogP contribution in [0.5, 0.6) is 0 Å². The fourth-order valence-electron chi connectivity index (χ4n) is 0.372. The molecule has 60 valence electrons. The average molecular weight is 258 g/mol. The van der Waals surface area contributed by atoms with Crippen molar-refractivity contribution in [2.24, 2.45) is 0 Å². The number of halogens is 3. The second kappa shape index (κ2) is 4.33. The van der Waals surface area contributed by atoms with Gasteiger partial charge in [-0.3, -0.25) is 0 Å². The van der Waals surface area contributed by atoms with E-state index in [9.17, 15) is 0 Å². The quantitative estimate of drug-likeness (QED) is 0.530. The van der Waals surface area contributed by atoms with Gasteiger partial charge in [-0.05, 0) is 30.2 Å². The summed E-state index contributed by atoms with van der Waals surface area (Å²) in [5.74, 6) is 0. The van der Waals surface area contributed by atoms with E-state index in [2.05, 4.69) is 4.86 Å². The van der Waals surface area contributed by atoms with Crippen molar-refractivity contribution in [3.63, 3.8) is 0 Å². The zero-order valence-corrected chi connectivity index (χ0v) is 9.98. The van der Waals surface area contributed by atoms with Gasteiger partial charge in [-0.25, -0.2) is 4.86 Å². The smallest absolute Gasteiger partial charge is 0.179 e. The molecule has 10 heavy (non-hydrogen) atoms. The topological polar surface area (TPSA) is 18.5 Å². The van der Waals surface area contributed by atoms with Crippen LogP contribution in [-0.4, -0.2) is 14.6 Å². The van der Waals surface area contributed by atoms with Crippen molar-refractivity contribution in [1.29, 1.82) is 0 Å². The molecule has 9 heteroatoms. The van der Waals surface area contributed by atoms with Crippen LogP contribution in [0.15, 0.2) is 0 Å². The maximum absolute atomic E-state index is 5.85. The second-order valence-corrected chi connectivity index (χ2v) is 9.05. The molecule has 1 rings (SSSR count). The summed E-state index contributed by atoms with van der Waals surface area (Å²) in [6.07, 6.45) is 0. The summed E-state index contributed by atoms with van der Waals surface area (Å²) >= 11 is 17.3. The maximum Gasteiger partial charge on any atom is 0.179 e. The minimum atomic E-state index is -1.01. The molecule has 0 aliphatic carbocycles. The molecule has 3 unspecified atom stereocenters. The van der Waals surface area contributed by atoms with Gasteiger partial charge in [-0.15, -0.1) is 7.92 Å². The third-order valence-electron chi connectivity index (χ3n) is 0.833. The molecule has 3 atom stereocenters. The van der Waals surface area contributed by atoms with Crippen molar-refractivity contribution >= 4 is 59.5 Å². The van der Waals surface area contributed by atoms with Gasteiger partial charge in [0.2, 0.25) is 0 Å². The molecule has 1 heterocycles. The van der Waals surface area contributed by atoms with E-state index < -0.39 is 15.8 Å². The minimum absolute atomic E-state index is 0.370. The number of hydrogen-bond donors (Lipinski definition) is 1. The first kappa shape index (κ1) is 10.1. The van der Waals surface area contributed by atoms with Crippen molar-refractivity contribution in [3.8, 4) is 0 Å². The van der Waals surface area contributed by atoms with Gasteiger partial charge in [-0.1, -0.05) is 11.2 Å². The Kier molecular flexibility index (Phi) is 4.38. The van der Waals surface area contributed by atoms with Crippen LogP contribution in [0.3, 0.4) is 0 Å². The Morgan fingerprint density at radius 1 is 1.50 bits per heavy atom. The largest absolute Gasteiger partial charge is 0.249 e. The van der Waals surface area contributed by atoms with Crippen molar-refractivity contribution in [2.75, 3.05) is 6.66 Å². The van der Waals surface area contributed by atoms with Crippen molar-refractivity contribution < 1.29 is 0 Å². The van der Waals surface area contributed by atoms with E-state index in [1.807, 2.05) is 6.66 Å². The molecule has 0 aromatic rings. The van der Waals surface area contributed by atoms with Crippen molar-refractivity contribution in [2.45, 2.75) is 0 Å². The van der Waals surface area contributed by atoms with E-state index in [0.717, 1.165) is 0 Å². The third kappa shape index (κ3) is 2.26. The summed E-state index contributed by atoms with van der Waals surface area (Å²) < 4.78 is 3.04. The molecule has 0 aromatic carbocycles. The van der Waals surface area contributed by atoms with Gasteiger partial charge in [0, 0.05) is 8.88 Å². The Balaban J connectivity index is 2.52. The lowest BCUT2D eigenvalue weighted by Gasteiger charge is -2.35. The minimum Gasteiger partial charge on any atom is -0.249 e. The summed E-state index contributed by atoms with van der Waals surface area (Å²) in [5, 5.41) is 0. The van der Waals surface area contributed by atoms with Crippen LogP contribution in [0.1, 0.15) is 0 Å². The molecule has 0 radical (unpaired) electrons. The van der Waals surface area contributed by atoms with E-state index in [1.165, 1.54) is 3.96 Å². The molecule has 0 bridgehead atoms. The van der Waals surface area contributed by atoms with Gasteiger partial charge >= 0.3 is 0 Å². The molecule has 1 aliphatic rings. The van der Waals surface area contributed by atoms with Crippen LogP contribution < -0.4 is 4.86 Å². The van der Waals surface area contributed by atoms with Gasteiger partial charge in [0.1, 0.15) is 0 Å². The van der Waals surface area contributed by atoms with E-state index in [-0.39, 0.29) is 0 Å². The summed E-state index contributed by atoms with van der Waals surface area (Å²) in [6, 6.07) is 0. The Bertz CT molecular complexity index is 112. The molecular weight excluding hydrogens is 253 g/mol. The zero-order chi connectivity index (χ0) is 7.72. The van der Waals surface area contributed by atoms with E-state index in [4.69, 9.17) is 34.8 Å². The van der Waals surface area contributed by atoms with Crippen molar-refractivity contribution in [1.82, 2.24) is 12.8 Å². The van der Waals surface area contributed by atoms with Gasteiger partial charge < -0.3 is 0 Å². The SMILES string of the molecule is CP1NPN(Cl)P(Cl)N1Cl. The highest BCUT2D eigenvalue weighted by Gasteiger charge is 2.31. The lowest BCUT2D eigenvalue weighted by molar-refractivity contribution is 1.02. The van der Waals surface area contributed by atoms with Crippen LogP contribution >= 0.6 is 59.5 Å². The molecular formula is CH5Cl3N3P3. The number of nitrogens with zero attached hydrogens (tertiary/aromatic N) is 2. The van der Waals surface area contributed by atoms with Crippen LogP contribution in [-0.2, 0) is 0 Å². The second-order valence-electron chi connectivity index (χ2n) is 1.49. The molecule has 1 N–H and O–H groups in total. The monoisotopic (exact) mass is 257 g/mol. The highest BCUT2D eigenvalue weighted by atomic mass is 35.7. The molecule has 1 fully saturated rings. The van der Waals surface area contributed by atoms with Crippen molar-refractivity contribution in [3.05, 3.63) is 0 Å². The van der Waals surface area contributed by atoms with E-state index in [1.54, 1.807) is 3.96 Å². The normalized spacial score (nSPS) is 40.8.